The van der Waals surface area contributed by atoms with Gasteiger partial charge in [-0.1, -0.05) is 6.07 Å². The number of nitrogens with zero attached hydrogens (tertiary/aromatic N) is 2. The first-order chi connectivity index (χ1) is 6.72. The molecule has 0 radical (unpaired) electrons. The molecule has 0 atom stereocenters. The van der Waals surface area contributed by atoms with E-state index in [2.05, 4.69) is 4.98 Å². The Bertz CT molecular complexity index is 494. The Hall–Kier alpha value is -1.62. The second-order valence-electron chi connectivity index (χ2n) is 2.62. The maximum Gasteiger partial charge on any atom is 0.298 e. The highest BCUT2D eigenvalue weighted by Gasteiger charge is 2.16. The Labute approximate surface area is 83.4 Å². The summed E-state index contributed by atoms with van der Waals surface area (Å²) in [5, 5.41) is 10.6. The summed E-state index contributed by atoms with van der Waals surface area (Å²) in [5.74, 6) is 0.391. The number of fused-ring (bicyclic) bond motifs is 1. The zero-order valence-corrected chi connectivity index (χ0v) is 7.69. The second-order valence-corrected chi connectivity index (χ2v) is 2.89. The van der Waals surface area contributed by atoms with Gasteiger partial charge in [0.05, 0.1) is 10.8 Å². The summed E-state index contributed by atoms with van der Waals surface area (Å²) in [6.07, 6.45) is 0. The molecule has 0 fully saturated rings. The lowest BCUT2D eigenvalue weighted by molar-refractivity contribution is -0.383. The topological polar surface area (TPSA) is 69.2 Å². The van der Waals surface area contributed by atoms with Gasteiger partial charge in [0.25, 0.3) is 5.69 Å². The van der Waals surface area contributed by atoms with Gasteiger partial charge in [-0.25, -0.2) is 4.98 Å². The number of aromatic nitrogens is 1. The molecule has 1 heterocycles. The average Bonchev–Trinajstić information content (AvgIpc) is 2.59. The molecule has 0 aliphatic heterocycles. The van der Waals surface area contributed by atoms with E-state index >= 15 is 0 Å². The first-order valence-electron chi connectivity index (χ1n) is 3.81. The molecule has 6 heteroatoms. The van der Waals surface area contributed by atoms with Gasteiger partial charge >= 0.3 is 0 Å². The van der Waals surface area contributed by atoms with Crippen LogP contribution in [0.15, 0.2) is 22.6 Å². The molecule has 0 amide bonds. The van der Waals surface area contributed by atoms with Crippen molar-refractivity contribution in [3.63, 3.8) is 0 Å². The molecule has 0 aliphatic rings. The molecule has 72 valence electrons. The number of non-ortho nitro benzene ring substituents is 1. The molecule has 0 saturated heterocycles. The molecule has 0 saturated carbocycles. The monoisotopic (exact) mass is 212 g/mol. The molecule has 14 heavy (non-hydrogen) atoms. The van der Waals surface area contributed by atoms with E-state index in [-0.39, 0.29) is 23.0 Å². The fraction of sp³-hybridized carbons (Fsp3) is 0.125. The van der Waals surface area contributed by atoms with Crippen molar-refractivity contribution in [2.45, 2.75) is 5.88 Å². The van der Waals surface area contributed by atoms with Crippen LogP contribution < -0.4 is 0 Å². The highest BCUT2D eigenvalue weighted by atomic mass is 35.5. The van der Waals surface area contributed by atoms with E-state index in [0.29, 0.717) is 5.58 Å². The van der Waals surface area contributed by atoms with E-state index < -0.39 is 4.92 Å². The van der Waals surface area contributed by atoms with Crippen molar-refractivity contribution >= 4 is 28.4 Å². The summed E-state index contributed by atoms with van der Waals surface area (Å²) in [7, 11) is 0. The third kappa shape index (κ3) is 1.31. The number of hydrogen-bond acceptors (Lipinski definition) is 4. The molecule has 0 unspecified atom stereocenters. The van der Waals surface area contributed by atoms with Gasteiger partial charge in [0.1, 0.15) is 0 Å². The van der Waals surface area contributed by atoms with Crippen molar-refractivity contribution in [3.8, 4) is 0 Å². The standard InChI is InChI=1S/C8H5ClN2O3/c9-4-7-10-8-5(11(12)13)2-1-3-6(8)14-7/h1-3H,4H2. The predicted molar refractivity (Wildman–Crippen MR) is 50.2 cm³/mol. The molecular formula is C8H5ClN2O3. The fourth-order valence-corrected chi connectivity index (χ4v) is 1.30. The van der Waals surface area contributed by atoms with E-state index in [9.17, 15) is 10.1 Å². The number of oxazole rings is 1. The lowest BCUT2D eigenvalue weighted by atomic mass is 10.3. The average molecular weight is 213 g/mol. The van der Waals surface area contributed by atoms with E-state index in [4.69, 9.17) is 16.0 Å². The number of nitro benzene ring substituents is 1. The molecule has 0 N–H and O–H groups in total. The normalized spacial score (nSPS) is 10.6. The maximum absolute atomic E-state index is 10.6. The molecular weight excluding hydrogens is 208 g/mol. The smallest absolute Gasteiger partial charge is 0.298 e. The summed E-state index contributed by atoms with van der Waals surface area (Å²) >= 11 is 5.50. The minimum absolute atomic E-state index is 0.0670. The zero-order chi connectivity index (χ0) is 10.1. The van der Waals surface area contributed by atoms with Crippen LogP contribution in [0.4, 0.5) is 5.69 Å². The quantitative estimate of drug-likeness (QED) is 0.436. The van der Waals surface area contributed by atoms with Crippen LogP contribution in [0.1, 0.15) is 5.89 Å². The van der Waals surface area contributed by atoms with Crippen LogP contribution in [-0.2, 0) is 5.88 Å². The van der Waals surface area contributed by atoms with Gasteiger partial charge < -0.3 is 4.42 Å². The van der Waals surface area contributed by atoms with Crippen molar-refractivity contribution in [1.29, 1.82) is 0 Å². The molecule has 1 aromatic heterocycles. The Balaban J connectivity index is 2.73. The highest BCUT2D eigenvalue weighted by Crippen LogP contribution is 2.25. The van der Waals surface area contributed by atoms with Crippen molar-refractivity contribution in [2.75, 3.05) is 0 Å². The number of hydrogen-bond donors (Lipinski definition) is 0. The summed E-state index contributed by atoms with van der Waals surface area (Å²) in [4.78, 5) is 14.0. The minimum Gasteiger partial charge on any atom is -0.439 e. The number of rotatable bonds is 2. The van der Waals surface area contributed by atoms with Gasteiger partial charge in [0.2, 0.25) is 5.89 Å². The summed E-state index contributed by atoms with van der Waals surface area (Å²) in [6.45, 7) is 0. The molecule has 0 bridgehead atoms. The van der Waals surface area contributed by atoms with E-state index in [1.165, 1.54) is 6.07 Å². The number of halogens is 1. The van der Waals surface area contributed by atoms with Crippen molar-refractivity contribution < 1.29 is 9.34 Å². The van der Waals surface area contributed by atoms with Crippen LogP contribution in [-0.4, -0.2) is 9.91 Å². The van der Waals surface area contributed by atoms with E-state index in [0.717, 1.165) is 0 Å². The van der Waals surface area contributed by atoms with Crippen LogP contribution in [0, 0.1) is 10.1 Å². The molecule has 0 aliphatic carbocycles. The summed E-state index contributed by atoms with van der Waals surface area (Å²) < 4.78 is 5.16. The van der Waals surface area contributed by atoms with Gasteiger partial charge in [0, 0.05) is 6.07 Å². The summed E-state index contributed by atoms with van der Waals surface area (Å²) in [5.41, 5.74) is 0.561. The fourth-order valence-electron chi connectivity index (χ4n) is 1.18. The third-order valence-corrected chi connectivity index (χ3v) is 1.98. The number of alkyl halides is 1. The lowest BCUT2D eigenvalue weighted by Gasteiger charge is -1.89. The number of nitro groups is 1. The molecule has 2 rings (SSSR count). The molecule has 1 aromatic carbocycles. The number of benzene rings is 1. The number of para-hydroxylation sites is 1. The summed E-state index contributed by atoms with van der Waals surface area (Å²) in [6, 6.07) is 4.54. The first-order valence-corrected chi connectivity index (χ1v) is 4.34. The van der Waals surface area contributed by atoms with Crippen LogP contribution in [0.25, 0.3) is 11.1 Å². The SMILES string of the molecule is O=[N+]([O-])c1cccc2oc(CCl)nc12. The minimum atomic E-state index is -0.497. The molecule has 2 aromatic rings. The Morgan fingerprint density at radius 1 is 1.57 bits per heavy atom. The third-order valence-electron chi connectivity index (χ3n) is 1.75. The van der Waals surface area contributed by atoms with E-state index in [1.807, 2.05) is 0 Å². The zero-order valence-electron chi connectivity index (χ0n) is 6.94. The van der Waals surface area contributed by atoms with Gasteiger partial charge in [0.15, 0.2) is 11.1 Å². The predicted octanol–water partition coefficient (Wildman–Crippen LogP) is 2.47. The Kier molecular flexibility index (Phi) is 2.09. The van der Waals surface area contributed by atoms with Gasteiger partial charge in [-0.05, 0) is 6.07 Å². The molecule has 0 spiro atoms. The van der Waals surface area contributed by atoms with Gasteiger partial charge in [-0.15, -0.1) is 11.6 Å². The highest BCUT2D eigenvalue weighted by molar-refractivity contribution is 6.16. The van der Waals surface area contributed by atoms with Crippen LogP contribution >= 0.6 is 11.6 Å². The first kappa shape index (κ1) is 8.96. The van der Waals surface area contributed by atoms with E-state index in [1.54, 1.807) is 12.1 Å². The van der Waals surface area contributed by atoms with Crippen LogP contribution in [0.3, 0.4) is 0 Å². The van der Waals surface area contributed by atoms with Crippen molar-refractivity contribution in [3.05, 3.63) is 34.2 Å². The van der Waals surface area contributed by atoms with Gasteiger partial charge in [-0.3, -0.25) is 10.1 Å². The largest absolute Gasteiger partial charge is 0.439 e. The molecule has 5 nitrogen and oxygen atoms in total. The lowest BCUT2D eigenvalue weighted by Crippen LogP contribution is -1.88. The van der Waals surface area contributed by atoms with Crippen molar-refractivity contribution in [1.82, 2.24) is 4.98 Å². The van der Waals surface area contributed by atoms with Crippen LogP contribution in [0.5, 0.6) is 0 Å². The Morgan fingerprint density at radius 2 is 2.36 bits per heavy atom. The van der Waals surface area contributed by atoms with Crippen molar-refractivity contribution in [2.24, 2.45) is 0 Å². The van der Waals surface area contributed by atoms with Crippen LogP contribution in [0.2, 0.25) is 0 Å². The maximum atomic E-state index is 10.6. The van der Waals surface area contributed by atoms with Gasteiger partial charge in [-0.2, -0.15) is 0 Å². The Morgan fingerprint density at radius 3 is 3.00 bits per heavy atom. The second kappa shape index (κ2) is 3.26.